The van der Waals surface area contributed by atoms with Crippen molar-refractivity contribution in [1.29, 1.82) is 0 Å². The van der Waals surface area contributed by atoms with Crippen molar-refractivity contribution < 1.29 is 4.79 Å². The Hall–Kier alpha value is -0.610. The summed E-state index contributed by atoms with van der Waals surface area (Å²) < 4.78 is 0. The molecular weight excluding hydrogens is 298 g/mol. The first kappa shape index (κ1) is 23.4. The quantitative estimate of drug-likeness (QED) is 0.309. The van der Waals surface area contributed by atoms with Crippen LogP contribution in [0.4, 0.5) is 0 Å². The van der Waals surface area contributed by atoms with Gasteiger partial charge < -0.3 is 16.4 Å². The highest BCUT2D eigenvalue weighted by molar-refractivity contribution is 5.75. The lowest BCUT2D eigenvalue weighted by molar-refractivity contribution is -0.121. The minimum Gasteiger partial charge on any atom is -0.355 e. The largest absolute Gasteiger partial charge is 0.355 e. The van der Waals surface area contributed by atoms with E-state index < -0.39 is 0 Å². The molecule has 0 bridgehead atoms. The van der Waals surface area contributed by atoms with Crippen LogP contribution in [0.2, 0.25) is 0 Å². The number of carbonyl (C=O) groups is 1. The monoisotopic (exact) mass is 341 g/mol. The Labute approximate surface area is 150 Å². The molecule has 0 aromatic carbocycles. The highest BCUT2D eigenvalue weighted by atomic mass is 16.1. The summed E-state index contributed by atoms with van der Waals surface area (Å²) in [4.78, 5) is 11.7. The van der Waals surface area contributed by atoms with Gasteiger partial charge in [0, 0.05) is 19.5 Å². The van der Waals surface area contributed by atoms with E-state index in [9.17, 15) is 4.79 Å². The average molecular weight is 342 g/mol. The van der Waals surface area contributed by atoms with Gasteiger partial charge in [-0.15, -0.1) is 0 Å². The van der Waals surface area contributed by atoms with Crippen molar-refractivity contribution in [3.05, 3.63) is 0 Å². The lowest BCUT2D eigenvalue weighted by Gasteiger charge is -2.07. The average Bonchev–Trinajstić information content (AvgIpc) is 2.59. The van der Waals surface area contributed by atoms with Gasteiger partial charge in [-0.2, -0.15) is 0 Å². The number of hydrogen-bond acceptors (Lipinski definition) is 3. The molecule has 0 aromatic rings. The van der Waals surface area contributed by atoms with E-state index >= 15 is 0 Å². The molecular formula is C20H43N3O. The third kappa shape index (κ3) is 19.4. The van der Waals surface area contributed by atoms with Gasteiger partial charge in [0.25, 0.3) is 0 Å². The summed E-state index contributed by atoms with van der Waals surface area (Å²) in [5.41, 5.74) is 5.46. The molecule has 24 heavy (non-hydrogen) atoms. The van der Waals surface area contributed by atoms with Crippen molar-refractivity contribution in [3.63, 3.8) is 0 Å². The van der Waals surface area contributed by atoms with Gasteiger partial charge in [-0.05, 0) is 32.4 Å². The van der Waals surface area contributed by atoms with Gasteiger partial charge in [-0.3, -0.25) is 4.79 Å². The number of amides is 1. The Bertz CT molecular complexity index is 235. The number of nitrogens with one attached hydrogen (secondary N) is 2. The first-order chi connectivity index (χ1) is 11.8. The van der Waals surface area contributed by atoms with Crippen molar-refractivity contribution >= 4 is 5.91 Å². The second-order valence-electron chi connectivity index (χ2n) is 6.88. The van der Waals surface area contributed by atoms with Gasteiger partial charge in [0.05, 0.1) is 0 Å². The molecule has 0 fully saturated rings. The third-order valence-electron chi connectivity index (χ3n) is 4.44. The molecule has 4 nitrogen and oxygen atoms in total. The van der Waals surface area contributed by atoms with E-state index in [4.69, 9.17) is 5.73 Å². The van der Waals surface area contributed by atoms with Crippen molar-refractivity contribution in [2.45, 2.75) is 96.8 Å². The number of unbranched alkanes of at least 4 members (excludes halogenated alkanes) is 11. The van der Waals surface area contributed by atoms with Crippen LogP contribution in [-0.4, -0.2) is 32.1 Å². The van der Waals surface area contributed by atoms with E-state index in [0.717, 1.165) is 39.0 Å². The van der Waals surface area contributed by atoms with Crippen LogP contribution >= 0.6 is 0 Å². The highest BCUT2D eigenvalue weighted by Gasteiger charge is 2.00. The predicted octanol–water partition coefficient (Wildman–Crippen LogP) is 4.13. The fraction of sp³-hybridized carbons (Fsp3) is 0.950. The zero-order valence-corrected chi connectivity index (χ0v) is 16.2. The second kappa shape index (κ2) is 20.4. The van der Waals surface area contributed by atoms with E-state index in [0.29, 0.717) is 6.42 Å². The Balaban J connectivity index is 3.13. The Morgan fingerprint density at radius 1 is 0.708 bits per heavy atom. The summed E-state index contributed by atoms with van der Waals surface area (Å²) in [5, 5.41) is 6.38. The second-order valence-corrected chi connectivity index (χ2v) is 6.88. The Morgan fingerprint density at radius 3 is 1.96 bits per heavy atom. The third-order valence-corrected chi connectivity index (χ3v) is 4.44. The standard InChI is InChI=1S/C20H43N3O/c1-2-3-4-5-6-7-8-9-12-15-20(24)23-19-18-22-17-14-11-10-13-16-21/h22H,2-19,21H2,1H3,(H,23,24). The van der Waals surface area contributed by atoms with Gasteiger partial charge in [0.1, 0.15) is 0 Å². The fourth-order valence-corrected chi connectivity index (χ4v) is 2.85. The zero-order chi connectivity index (χ0) is 17.7. The van der Waals surface area contributed by atoms with Crippen molar-refractivity contribution in [3.8, 4) is 0 Å². The summed E-state index contributed by atoms with van der Waals surface area (Å²) in [6, 6.07) is 0. The highest BCUT2D eigenvalue weighted by Crippen LogP contribution is 2.10. The maximum absolute atomic E-state index is 11.7. The lowest BCUT2D eigenvalue weighted by atomic mass is 10.1. The van der Waals surface area contributed by atoms with E-state index in [2.05, 4.69) is 17.6 Å². The van der Waals surface area contributed by atoms with Gasteiger partial charge in [0.2, 0.25) is 5.91 Å². The minimum atomic E-state index is 0.211. The normalized spacial score (nSPS) is 10.9. The molecule has 0 heterocycles. The molecule has 0 radical (unpaired) electrons. The maximum atomic E-state index is 11.7. The molecule has 1 amide bonds. The molecule has 144 valence electrons. The van der Waals surface area contributed by atoms with Crippen LogP contribution in [0.1, 0.15) is 96.8 Å². The lowest BCUT2D eigenvalue weighted by Crippen LogP contribution is -2.32. The van der Waals surface area contributed by atoms with Crippen molar-refractivity contribution in [1.82, 2.24) is 10.6 Å². The Kier molecular flexibility index (Phi) is 19.9. The van der Waals surface area contributed by atoms with Crippen LogP contribution in [0, 0.1) is 0 Å². The van der Waals surface area contributed by atoms with Gasteiger partial charge in [0.15, 0.2) is 0 Å². The molecule has 0 saturated carbocycles. The summed E-state index contributed by atoms with van der Waals surface area (Å²) in [7, 11) is 0. The smallest absolute Gasteiger partial charge is 0.220 e. The van der Waals surface area contributed by atoms with Crippen LogP contribution in [0.5, 0.6) is 0 Å². The molecule has 0 spiro atoms. The van der Waals surface area contributed by atoms with Gasteiger partial charge >= 0.3 is 0 Å². The summed E-state index contributed by atoms with van der Waals surface area (Å²) in [6.07, 6.45) is 17.2. The van der Waals surface area contributed by atoms with Crippen molar-refractivity contribution in [2.75, 3.05) is 26.2 Å². The molecule has 0 aromatic heterocycles. The molecule has 0 rings (SSSR count). The first-order valence-corrected chi connectivity index (χ1v) is 10.5. The molecule has 0 aliphatic rings. The molecule has 0 saturated heterocycles. The number of hydrogen-bond donors (Lipinski definition) is 3. The summed E-state index contributed by atoms with van der Waals surface area (Å²) in [6.45, 7) is 5.72. The van der Waals surface area contributed by atoms with E-state index in [1.807, 2.05) is 0 Å². The molecule has 0 aliphatic carbocycles. The fourth-order valence-electron chi connectivity index (χ4n) is 2.85. The topological polar surface area (TPSA) is 67.2 Å². The van der Waals surface area contributed by atoms with E-state index in [-0.39, 0.29) is 5.91 Å². The Morgan fingerprint density at radius 2 is 1.29 bits per heavy atom. The number of carbonyl (C=O) groups excluding carboxylic acids is 1. The minimum absolute atomic E-state index is 0.211. The summed E-state index contributed by atoms with van der Waals surface area (Å²) in [5.74, 6) is 0.211. The van der Waals surface area contributed by atoms with Crippen molar-refractivity contribution in [2.24, 2.45) is 5.73 Å². The first-order valence-electron chi connectivity index (χ1n) is 10.5. The molecule has 0 aliphatic heterocycles. The van der Waals surface area contributed by atoms with E-state index in [1.165, 1.54) is 70.6 Å². The van der Waals surface area contributed by atoms with Crippen LogP contribution in [-0.2, 0) is 4.79 Å². The van der Waals surface area contributed by atoms with E-state index in [1.54, 1.807) is 0 Å². The number of nitrogens with two attached hydrogens (primary N) is 1. The molecule has 0 atom stereocenters. The molecule has 4 heteroatoms. The van der Waals surface area contributed by atoms with Gasteiger partial charge in [-0.1, -0.05) is 71.1 Å². The SMILES string of the molecule is CCCCCCCCCCCC(=O)NCCNCCCCCCN. The maximum Gasteiger partial charge on any atom is 0.220 e. The zero-order valence-electron chi connectivity index (χ0n) is 16.2. The van der Waals surface area contributed by atoms with Crippen LogP contribution < -0.4 is 16.4 Å². The number of rotatable bonds is 19. The van der Waals surface area contributed by atoms with Crippen LogP contribution in [0.25, 0.3) is 0 Å². The molecule has 0 unspecified atom stereocenters. The summed E-state index contributed by atoms with van der Waals surface area (Å²) >= 11 is 0. The van der Waals surface area contributed by atoms with Crippen LogP contribution in [0.3, 0.4) is 0 Å². The van der Waals surface area contributed by atoms with Gasteiger partial charge in [-0.25, -0.2) is 0 Å². The van der Waals surface area contributed by atoms with Crippen LogP contribution in [0.15, 0.2) is 0 Å². The molecule has 4 N–H and O–H groups in total. The predicted molar refractivity (Wildman–Crippen MR) is 105 cm³/mol.